The summed E-state index contributed by atoms with van der Waals surface area (Å²) in [5.74, 6) is 1.98. The maximum Gasteiger partial charge on any atom is 0.176 e. The molecular weight excluding hydrogens is 416 g/mol. The summed E-state index contributed by atoms with van der Waals surface area (Å²) >= 11 is 6.17. The first-order valence-corrected chi connectivity index (χ1v) is 11.0. The Hall–Kier alpha value is -2.28. The predicted octanol–water partition coefficient (Wildman–Crippen LogP) is 4.37. The summed E-state index contributed by atoms with van der Waals surface area (Å²) in [5.41, 5.74) is 1.71. The van der Waals surface area contributed by atoms with Gasteiger partial charge in [0.1, 0.15) is 5.75 Å². The van der Waals surface area contributed by atoms with E-state index in [1.807, 2.05) is 12.1 Å². The molecule has 1 atom stereocenters. The largest absolute Gasteiger partial charge is 0.495 e. The first-order chi connectivity index (χ1) is 15.1. The molecule has 0 aromatic heterocycles. The second kappa shape index (κ2) is 11.4. The molecule has 1 aliphatic heterocycles. The van der Waals surface area contributed by atoms with E-state index in [4.69, 9.17) is 25.8 Å². The van der Waals surface area contributed by atoms with Crippen LogP contribution in [0.15, 0.2) is 36.4 Å². The van der Waals surface area contributed by atoms with Crippen molar-refractivity contribution in [1.29, 1.82) is 0 Å². The Kier molecular flexibility index (Phi) is 8.58. The van der Waals surface area contributed by atoms with E-state index in [1.54, 1.807) is 39.5 Å². The third-order valence-electron chi connectivity index (χ3n) is 5.72. The van der Waals surface area contributed by atoms with Crippen LogP contribution in [0, 0.1) is 0 Å². The summed E-state index contributed by atoms with van der Waals surface area (Å²) < 4.78 is 16.1. The van der Waals surface area contributed by atoms with Crippen LogP contribution in [0.2, 0.25) is 5.02 Å². The molecule has 2 aromatic rings. The number of ether oxygens (including phenoxy) is 3. The van der Waals surface area contributed by atoms with Crippen molar-refractivity contribution in [2.24, 2.45) is 0 Å². The molecule has 1 saturated heterocycles. The van der Waals surface area contributed by atoms with E-state index in [0.717, 1.165) is 18.7 Å². The smallest absolute Gasteiger partial charge is 0.176 e. The minimum absolute atomic E-state index is 0.00532. The Balaban J connectivity index is 1.70. The molecule has 31 heavy (non-hydrogen) atoms. The first-order valence-electron chi connectivity index (χ1n) is 10.6. The predicted molar refractivity (Wildman–Crippen MR) is 123 cm³/mol. The summed E-state index contributed by atoms with van der Waals surface area (Å²) in [7, 11) is 4.84. The van der Waals surface area contributed by atoms with E-state index >= 15 is 0 Å². The molecule has 168 valence electrons. The molecular formula is C24H31ClN2O4. The quantitative estimate of drug-likeness (QED) is 0.547. The molecule has 0 aliphatic carbocycles. The van der Waals surface area contributed by atoms with E-state index in [0.29, 0.717) is 34.4 Å². The molecule has 1 unspecified atom stereocenters. The average Bonchev–Trinajstić information content (AvgIpc) is 2.81. The molecule has 0 saturated carbocycles. The third kappa shape index (κ3) is 5.91. The number of likely N-dealkylation sites (tertiary alicyclic amines) is 1. The van der Waals surface area contributed by atoms with Crippen LogP contribution in [0.5, 0.6) is 17.2 Å². The van der Waals surface area contributed by atoms with E-state index in [2.05, 4.69) is 16.3 Å². The van der Waals surface area contributed by atoms with E-state index in [-0.39, 0.29) is 18.4 Å². The Morgan fingerprint density at radius 3 is 2.29 bits per heavy atom. The molecule has 7 heteroatoms. The highest BCUT2D eigenvalue weighted by Gasteiger charge is 2.23. The zero-order valence-corrected chi connectivity index (χ0v) is 19.2. The van der Waals surface area contributed by atoms with E-state index < -0.39 is 0 Å². The lowest BCUT2D eigenvalue weighted by Crippen LogP contribution is -2.40. The van der Waals surface area contributed by atoms with Crippen molar-refractivity contribution in [3.05, 3.63) is 52.5 Å². The number of Topliss-reactive ketones (excluding diaryl/α,β-unsaturated/α-hetero) is 1. The van der Waals surface area contributed by atoms with Crippen molar-refractivity contribution < 1.29 is 19.0 Å². The van der Waals surface area contributed by atoms with Gasteiger partial charge in [-0.05, 0) is 61.8 Å². The average molecular weight is 447 g/mol. The van der Waals surface area contributed by atoms with Gasteiger partial charge in [0.05, 0.1) is 32.9 Å². The van der Waals surface area contributed by atoms with Crippen LogP contribution >= 0.6 is 11.6 Å². The highest BCUT2D eigenvalue weighted by Crippen LogP contribution is 2.33. The van der Waals surface area contributed by atoms with Gasteiger partial charge in [-0.1, -0.05) is 24.1 Å². The zero-order chi connectivity index (χ0) is 22.2. The van der Waals surface area contributed by atoms with Crippen LogP contribution in [0.4, 0.5) is 0 Å². The number of methoxy groups -OCH3 is 3. The van der Waals surface area contributed by atoms with Crippen molar-refractivity contribution in [3.8, 4) is 17.2 Å². The minimum Gasteiger partial charge on any atom is -0.495 e. The molecule has 1 fully saturated rings. The molecule has 0 spiro atoms. The Morgan fingerprint density at radius 1 is 0.968 bits per heavy atom. The number of halogens is 1. The number of rotatable bonds is 10. The standard InChI is InChI=1S/C24H31ClN2O4/c1-29-22-9-8-18(13-19(22)25)21(28)16-26-15-20(27-11-5-4-6-12-27)17-7-10-23(30-2)24(14-17)31-3/h7-10,13-14,20,26H,4-6,11-12,15-16H2,1-3H3. The molecule has 0 radical (unpaired) electrons. The lowest BCUT2D eigenvalue weighted by molar-refractivity contribution is 0.0983. The van der Waals surface area contributed by atoms with Gasteiger partial charge in [0.25, 0.3) is 0 Å². The number of benzene rings is 2. The molecule has 1 heterocycles. The van der Waals surface area contributed by atoms with Crippen molar-refractivity contribution in [2.45, 2.75) is 25.3 Å². The summed E-state index contributed by atoms with van der Waals surface area (Å²) in [5, 5.41) is 3.79. The Morgan fingerprint density at radius 2 is 1.65 bits per heavy atom. The summed E-state index contributed by atoms with van der Waals surface area (Å²) in [4.78, 5) is 15.1. The van der Waals surface area contributed by atoms with Gasteiger partial charge in [0.2, 0.25) is 0 Å². The summed E-state index contributed by atoms with van der Waals surface area (Å²) in [6.07, 6.45) is 3.64. The van der Waals surface area contributed by atoms with E-state index in [1.165, 1.54) is 19.3 Å². The van der Waals surface area contributed by atoms with Crippen LogP contribution in [-0.4, -0.2) is 58.2 Å². The fraction of sp³-hybridized carbons (Fsp3) is 0.458. The number of ketones is 1. The van der Waals surface area contributed by atoms with Crippen LogP contribution in [0.3, 0.4) is 0 Å². The summed E-state index contributed by atoms with van der Waals surface area (Å²) in [6, 6.07) is 11.3. The van der Waals surface area contributed by atoms with Gasteiger partial charge in [-0.3, -0.25) is 9.69 Å². The number of hydrogen-bond acceptors (Lipinski definition) is 6. The maximum atomic E-state index is 12.7. The molecule has 6 nitrogen and oxygen atoms in total. The topological polar surface area (TPSA) is 60.0 Å². The SMILES string of the molecule is COc1ccc(C(=O)CNCC(c2ccc(OC)c(OC)c2)N2CCCCC2)cc1Cl. The van der Waals surface area contributed by atoms with Gasteiger partial charge < -0.3 is 19.5 Å². The zero-order valence-electron chi connectivity index (χ0n) is 18.4. The van der Waals surface area contributed by atoms with Crippen molar-refractivity contribution in [3.63, 3.8) is 0 Å². The van der Waals surface area contributed by atoms with Gasteiger partial charge in [0.15, 0.2) is 17.3 Å². The van der Waals surface area contributed by atoms with E-state index in [9.17, 15) is 4.79 Å². The molecule has 2 aromatic carbocycles. The number of carbonyl (C=O) groups excluding carboxylic acids is 1. The van der Waals surface area contributed by atoms with Gasteiger partial charge >= 0.3 is 0 Å². The first kappa shape index (κ1) is 23.4. The number of nitrogens with one attached hydrogen (secondary N) is 1. The van der Waals surface area contributed by atoms with Gasteiger partial charge in [-0.15, -0.1) is 0 Å². The van der Waals surface area contributed by atoms with Crippen molar-refractivity contribution in [1.82, 2.24) is 10.2 Å². The summed E-state index contributed by atoms with van der Waals surface area (Å²) in [6.45, 7) is 2.98. The second-order valence-corrected chi connectivity index (χ2v) is 8.04. The van der Waals surface area contributed by atoms with Crippen molar-refractivity contribution in [2.75, 3.05) is 47.5 Å². The van der Waals surface area contributed by atoms with Crippen LogP contribution in [0.25, 0.3) is 0 Å². The van der Waals surface area contributed by atoms with Gasteiger partial charge in [-0.25, -0.2) is 0 Å². The molecule has 0 bridgehead atoms. The number of carbonyl (C=O) groups is 1. The maximum absolute atomic E-state index is 12.7. The third-order valence-corrected chi connectivity index (χ3v) is 6.02. The van der Waals surface area contributed by atoms with Crippen LogP contribution < -0.4 is 19.5 Å². The second-order valence-electron chi connectivity index (χ2n) is 7.63. The van der Waals surface area contributed by atoms with Crippen molar-refractivity contribution >= 4 is 17.4 Å². The van der Waals surface area contributed by atoms with Crippen LogP contribution in [0.1, 0.15) is 41.2 Å². The van der Waals surface area contributed by atoms with Gasteiger partial charge in [-0.2, -0.15) is 0 Å². The monoisotopic (exact) mass is 446 g/mol. The fourth-order valence-corrected chi connectivity index (χ4v) is 4.27. The highest BCUT2D eigenvalue weighted by atomic mass is 35.5. The molecule has 0 amide bonds. The molecule has 3 rings (SSSR count). The Labute approximate surface area is 189 Å². The number of hydrogen-bond donors (Lipinski definition) is 1. The van der Waals surface area contributed by atoms with Gasteiger partial charge in [0, 0.05) is 18.2 Å². The number of piperidine rings is 1. The Bertz CT molecular complexity index is 884. The lowest BCUT2D eigenvalue weighted by atomic mass is 10.0. The highest BCUT2D eigenvalue weighted by molar-refractivity contribution is 6.32. The molecule has 1 aliphatic rings. The fourth-order valence-electron chi connectivity index (χ4n) is 4.01. The van der Waals surface area contributed by atoms with Crippen LogP contribution in [-0.2, 0) is 0 Å². The minimum atomic E-state index is -0.00532. The lowest BCUT2D eigenvalue weighted by Gasteiger charge is -2.35. The normalized spacial score (nSPS) is 15.4. The molecule has 1 N–H and O–H groups in total. The number of nitrogens with zero attached hydrogens (tertiary/aromatic N) is 1.